The van der Waals surface area contributed by atoms with Crippen molar-refractivity contribution in [1.29, 1.82) is 5.26 Å². The number of amides is 1. The highest BCUT2D eigenvalue weighted by atomic mass is 35.5. The Morgan fingerprint density at radius 2 is 2.00 bits per heavy atom. The Morgan fingerprint density at radius 3 is 2.60 bits per heavy atom. The maximum atomic E-state index is 11.5. The van der Waals surface area contributed by atoms with Gasteiger partial charge in [0.2, 0.25) is 0 Å². The van der Waals surface area contributed by atoms with Gasteiger partial charge in [0.15, 0.2) is 11.3 Å². The molecule has 0 aliphatic rings. The molecule has 7 nitrogen and oxygen atoms in total. The molecule has 1 amide bonds. The number of halogens is 1. The minimum atomic E-state index is -0.560. The quantitative estimate of drug-likeness (QED) is 0.814. The number of nitriles is 1. The minimum Gasteiger partial charge on any atom is -0.473 e. The number of nitrogens with zero attached hydrogens (tertiary/aromatic N) is 2. The highest BCUT2D eigenvalue weighted by Crippen LogP contribution is 2.29. The zero-order valence-corrected chi connectivity index (χ0v) is 15.1. The number of carbonyl (C=O) groups excluding carboxylic acids is 1. The molecular weight excluding hydrogens is 346 g/mol. The summed E-state index contributed by atoms with van der Waals surface area (Å²) < 4.78 is 15.7. The molecule has 0 saturated carbocycles. The zero-order valence-electron chi connectivity index (χ0n) is 14.2. The Balaban J connectivity index is 0.00000312. The van der Waals surface area contributed by atoms with Crippen LogP contribution < -0.4 is 10.1 Å². The van der Waals surface area contributed by atoms with Crippen LogP contribution in [0.3, 0.4) is 0 Å². The first kappa shape index (κ1) is 20.3. The summed E-state index contributed by atoms with van der Waals surface area (Å²) in [6, 6.07) is 11.2. The molecule has 0 radical (unpaired) electrons. The molecule has 0 unspecified atom stereocenters. The number of ether oxygens (including phenoxy) is 2. The summed E-state index contributed by atoms with van der Waals surface area (Å²) in [7, 11) is 0. The largest absolute Gasteiger partial charge is 0.473 e. The van der Waals surface area contributed by atoms with E-state index in [9.17, 15) is 10.1 Å². The van der Waals surface area contributed by atoms with Gasteiger partial charge in [-0.15, -0.1) is 12.4 Å². The van der Waals surface area contributed by atoms with Crippen LogP contribution in [0.25, 0.3) is 11.3 Å². The molecule has 0 spiro atoms. The van der Waals surface area contributed by atoms with Gasteiger partial charge in [-0.05, 0) is 25.9 Å². The van der Waals surface area contributed by atoms with Crippen molar-refractivity contribution in [2.24, 2.45) is 0 Å². The van der Waals surface area contributed by atoms with Crippen molar-refractivity contribution >= 4 is 18.5 Å². The van der Waals surface area contributed by atoms with Crippen molar-refractivity contribution in [3.05, 3.63) is 35.9 Å². The average molecular weight is 366 g/mol. The fourth-order valence-electron chi connectivity index (χ4n) is 1.87. The molecule has 0 atom stereocenters. The normalized spacial score (nSPS) is 10.3. The molecule has 8 heteroatoms. The Bertz CT molecular complexity index is 733. The maximum absolute atomic E-state index is 11.5. The molecule has 0 saturated heterocycles. The molecule has 1 aromatic heterocycles. The number of hydrogen-bond acceptors (Lipinski definition) is 6. The van der Waals surface area contributed by atoms with Gasteiger partial charge in [0, 0.05) is 5.56 Å². The summed E-state index contributed by atoms with van der Waals surface area (Å²) in [5, 5.41) is 15.6. The second-order valence-corrected chi connectivity index (χ2v) is 5.95. The van der Waals surface area contributed by atoms with Crippen molar-refractivity contribution < 1.29 is 18.8 Å². The number of aromatic nitrogens is 1. The third kappa shape index (κ3) is 6.01. The van der Waals surface area contributed by atoms with E-state index in [1.165, 1.54) is 0 Å². The summed E-state index contributed by atoms with van der Waals surface area (Å²) in [6.45, 7) is 5.69. The predicted molar refractivity (Wildman–Crippen MR) is 93.6 cm³/mol. The monoisotopic (exact) mass is 365 g/mol. The Hall–Kier alpha value is -2.72. The lowest BCUT2D eigenvalue weighted by Crippen LogP contribution is -2.34. The van der Waals surface area contributed by atoms with E-state index in [2.05, 4.69) is 10.5 Å². The zero-order chi connectivity index (χ0) is 17.6. The van der Waals surface area contributed by atoms with Crippen molar-refractivity contribution in [3.63, 3.8) is 0 Å². The maximum Gasteiger partial charge on any atom is 0.407 e. The number of carbonyl (C=O) groups is 1. The van der Waals surface area contributed by atoms with E-state index in [-0.39, 0.29) is 37.0 Å². The third-order valence-corrected chi connectivity index (χ3v) is 2.82. The molecule has 0 aliphatic heterocycles. The van der Waals surface area contributed by atoms with Crippen LogP contribution in [0.2, 0.25) is 0 Å². The second kappa shape index (κ2) is 8.94. The summed E-state index contributed by atoms with van der Waals surface area (Å²) in [5.74, 6) is 0.454. The van der Waals surface area contributed by atoms with Crippen LogP contribution >= 0.6 is 12.4 Å². The summed E-state index contributed by atoms with van der Waals surface area (Å²) >= 11 is 0. The molecule has 0 fully saturated rings. The number of alkyl carbamates (subject to hydrolysis) is 1. The molecule has 25 heavy (non-hydrogen) atoms. The summed E-state index contributed by atoms with van der Waals surface area (Å²) in [6.07, 6.45) is -0.531. The van der Waals surface area contributed by atoms with Crippen LogP contribution in [0.4, 0.5) is 4.79 Å². The smallest absolute Gasteiger partial charge is 0.407 e. The standard InChI is InChI=1S/C17H19N3O4.ClH/c1-17(2,3)23-16(21)19-9-10-22-15-13(11-18)14(24-20-15)12-7-5-4-6-8-12;/h4-8H,9-10H2,1-3H3,(H,19,21);1H. The van der Waals surface area contributed by atoms with Gasteiger partial charge < -0.3 is 19.3 Å². The molecular formula is C17H20ClN3O4. The van der Waals surface area contributed by atoms with Gasteiger partial charge in [0.1, 0.15) is 18.3 Å². The molecule has 0 aliphatic carbocycles. The van der Waals surface area contributed by atoms with E-state index in [0.29, 0.717) is 5.76 Å². The predicted octanol–water partition coefficient (Wildman–Crippen LogP) is 3.54. The summed E-state index contributed by atoms with van der Waals surface area (Å²) in [4.78, 5) is 11.5. The first-order valence-electron chi connectivity index (χ1n) is 7.45. The highest BCUT2D eigenvalue weighted by molar-refractivity contribution is 5.85. The van der Waals surface area contributed by atoms with Crippen LogP contribution in [-0.2, 0) is 4.74 Å². The molecule has 1 heterocycles. The molecule has 2 aromatic rings. The van der Waals surface area contributed by atoms with Gasteiger partial charge in [-0.25, -0.2) is 4.79 Å². The van der Waals surface area contributed by atoms with Gasteiger partial charge in [-0.1, -0.05) is 30.3 Å². The molecule has 134 valence electrons. The van der Waals surface area contributed by atoms with Crippen LogP contribution in [0.1, 0.15) is 26.3 Å². The lowest BCUT2D eigenvalue weighted by Gasteiger charge is -2.19. The van der Waals surface area contributed by atoms with Gasteiger partial charge >= 0.3 is 6.09 Å². The second-order valence-electron chi connectivity index (χ2n) is 5.95. The van der Waals surface area contributed by atoms with E-state index < -0.39 is 11.7 Å². The van der Waals surface area contributed by atoms with Crippen molar-refractivity contribution in [2.45, 2.75) is 26.4 Å². The lowest BCUT2D eigenvalue weighted by molar-refractivity contribution is 0.0519. The molecule has 2 rings (SSSR count). The van der Waals surface area contributed by atoms with E-state index in [4.69, 9.17) is 14.0 Å². The SMILES string of the molecule is CC(C)(C)OC(=O)NCCOc1noc(-c2ccccc2)c1C#N.Cl. The molecule has 1 N–H and O–H groups in total. The van der Waals surface area contributed by atoms with E-state index >= 15 is 0 Å². The number of nitrogens with one attached hydrogen (secondary N) is 1. The fraction of sp³-hybridized carbons (Fsp3) is 0.353. The average Bonchev–Trinajstić information content (AvgIpc) is 2.93. The number of hydrogen-bond donors (Lipinski definition) is 1. The van der Waals surface area contributed by atoms with Crippen LogP contribution in [-0.4, -0.2) is 30.0 Å². The highest BCUT2D eigenvalue weighted by Gasteiger charge is 2.19. The van der Waals surface area contributed by atoms with Gasteiger partial charge in [-0.2, -0.15) is 5.26 Å². The van der Waals surface area contributed by atoms with Crippen molar-refractivity contribution in [2.75, 3.05) is 13.2 Å². The van der Waals surface area contributed by atoms with Crippen LogP contribution in [0.15, 0.2) is 34.9 Å². The van der Waals surface area contributed by atoms with Gasteiger partial charge in [0.05, 0.1) is 6.54 Å². The molecule has 1 aromatic carbocycles. The van der Waals surface area contributed by atoms with Crippen molar-refractivity contribution in [1.82, 2.24) is 10.5 Å². The van der Waals surface area contributed by atoms with Gasteiger partial charge in [-0.3, -0.25) is 0 Å². The Kier molecular flexibility index (Phi) is 7.27. The van der Waals surface area contributed by atoms with Crippen LogP contribution in [0.5, 0.6) is 5.88 Å². The molecule has 0 bridgehead atoms. The first-order chi connectivity index (χ1) is 11.4. The number of rotatable bonds is 5. The summed E-state index contributed by atoms with van der Waals surface area (Å²) in [5.41, 5.74) is 0.400. The fourth-order valence-corrected chi connectivity index (χ4v) is 1.87. The van der Waals surface area contributed by atoms with Crippen molar-refractivity contribution in [3.8, 4) is 23.3 Å². The van der Waals surface area contributed by atoms with Crippen LogP contribution in [0, 0.1) is 11.3 Å². The lowest BCUT2D eigenvalue weighted by atomic mass is 10.1. The van der Waals surface area contributed by atoms with E-state index in [1.807, 2.05) is 36.4 Å². The first-order valence-corrected chi connectivity index (χ1v) is 7.45. The number of benzene rings is 1. The van der Waals surface area contributed by atoms with E-state index in [1.54, 1.807) is 20.8 Å². The van der Waals surface area contributed by atoms with E-state index in [0.717, 1.165) is 5.56 Å². The minimum absolute atomic E-state index is 0. The Morgan fingerprint density at radius 1 is 1.32 bits per heavy atom. The Labute approximate surface area is 152 Å². The van der Waals surface area contributed by atoms with Gasteiger partial charge in [0.25, 0.3) is 5.88 Å². The topological polar surface area (TPSA) is 97.4 Å². The third-order valence-electron chi connectivity index (χ3n) is 2.82.